The fourth-order valence-electron chi connectivity index (χ4n) is 2.19. The third-order valence-electron chi connectivity index (χ3n) is 3.39. The molecule has 0 atom stereocenters. The summed E-state index contributed by atoms with van der Waals surface area (Å²) in [6.07, 6.45) is 5.15. The molecule has 1 aliphatic carbocycles. The molecule has 82 valence electrons. The molecule has 0 unspecified atom stereocenters. The summed E-state index contributed by atoms with van der Waals surface area (Å²) in [5, 5.41) is 1.03. The van der Waals surface area contributed by atoms with Crippen molar-refractivity contribution in [3.05, 3.63) is 34.4 Å². The van der Waals surface area contributed by atoms with Crippen molar-refractivity contribution in [3.63, 3.8) is 0 Å². The molecule has 0 amide bonds. The number of H-pyrrole nitrogens is 1. The Morgan fingerprint density at radius 2 is 2.19 bits per heavy atom. The lowest BCUT2D eigenvalue weighted by Gasteiger charge is -2.23. The second-order valence-electron chi connectivity index (χ2n) is 4.38. The van der Waals surface area contributed by atoms with Crippen molar-refractivity contribution in [2.24, 2.45) is 5.92 Å². The van der Waals surface area contributed by atoms with Crippen LogP contribution in [0.4, 0.5) is 0 Å². The number of nitrogens with one attached hydrogen (secondary N) is 1. The average Bonchev–Trinajstić information content (AvgIpc) is 2.57. The Labute approximate surface area is 102 Å². The van der Waals surface area contributed by atoms with Gasteiger partial charge < -0.3 is 4.98 Å². The molecule has 0 aliphatic heterocycles. The zero-order valence-corrected chi connectivity index (χ0v) is 10.4. The van der Waals surface area contributed by atoms with E-state index >= 15 is 0 Å². The third kappa shape index (κ3) is 1.50. The maximum Gasteiger partial charge on any atom is 0.168 e. The lowest BCUT2D eigenvalue weighted by Crippen LogP contribution is -2.21. The zero-order chi connectivity index (χ0) is 11.1. The van der Waals surface area contributed by atoms with E-state index in [4.69, 9.17) is 0 Å². The second kappa shape index (κ2) is 3.74. The largest absolute Gasteiger partial charge is 0.360 e. The molecular formula is C13H12BrNO. The molecule has 1 saturated carbocycles. The Morgan fingerprint density at radius 1 is 1.38 bits per heavy atom. The molecule has 1 N–H and O–H groups in total. The van der Waals surface area contributed by atoms with Crippen LogP contribution in [0.25, 0.3) is 10.9 Å². The number of carbonyl (C=O) groups excluding carboxylic acids is 1. The minimum atomic E-state index is 0.262. The number of carbonyl (C=O) groups is 1. The minimum absolute atomic E-state index is 0.262. The fraction of sp³-hybridized carbons (Fsp3) is 0.308. The lowest BCUT2D eigenvalue weighted by atomic mass is 9.80. The van der Waals surface area contributed by atoms with E-state index in [0.717, 1.165) is 33.8 Å². The van der Waals surface area contributed by atoms with Gasteiger partial charge in [-0.05, 0) is 31.0 Å². The summed E-state index contributed by atoms with van der Waals surface area (Å²) >= 11 is 3.44. The Morgan fingerprint density at radius 3 is 2.88 bits per heavy atom. The van der Waals surface area contributed by atoms with E-state index in [2.05, 4.69) is 20.9 Å². The van der Waals surface area contributed by atoms with Gasteiger partial charge in [0.2, 0.25) is 0 Å². The summed E-state index contributed by atoms with van der Waals surface area (Å²) in [5.41, 5.74) is 1.88. The normalized spacial score (nSPS) is 16.3. The van der Waals surface area contributed by atoms with Crippen molar-refractivity contribution in [3.8, 4) is 0 Å². The molecule has 0 radical (unpaired) electrons. The molecule has 2 aromatic rings. The first-order valence-electron chi connectivity index (χ1n) is 5.56. The highest BCUT2D eigenvalue weighted by Crippen LogP contribution is 2.32. The summed E-state index contributed by atoms with van der Waals surface area (Å²) in [5.74, 6) is 0.564. The first kappa shape index (κ1) is 10.1. The molecule has 1 heterocycles. The van der Waals surface area contributed by atoms with Crippen LogP contribution in [0.3, 0.4) is 0 Å². The molecule has 0 saturated heterocycles. The quantitative estimate of drug-likeness (QED) is 0.830. The van der Waals surface area contributed by atoms with Crippen LogP contribution in [0, 0.1) is 5.92 Å². The fourth-order valence-corrected chi connectivity index (χ4v) is 2.55. The monoisotopic (exact) mass is 277 g/mol. The Hall–Kier alpha value is -1.09. The van der Waals surface area contributed by atoms with Gasteiger partial charge >= 0.3 is 0 Å². The second-order valence-corrected chi connectivity index (χ2v) is 5.30. The van der Waals surface area contributed by atoms with E-state index in [1.54, 1.807) is 0 Å². The van der Waals surface area contributed by atoms with Gasteiger partial charge in [0.05, 0.1) is 0 Å². The smallest absolute Gasteiger partial charge is 0.168 e. The number of Topliss-reactive ketones (excluding diaryl/α,β-unsaturated/α-hetero) is 1. The van der Waals surface area contributed by atoms with Gasteiger partial charge in [0.1, 0.15) is 0 Å². The molecule has 2 nitrogen and oxygen atoms in total. The SMILES string of the molecule is O=C(c1c[nH]c2ccc(Br)cc12)C1CCC1. The zero-order valence-electron chi connectivity index (χ0n) is 8.79. The number of aromatic amines is 1. The van der Waals surface area contributed by atoms with E-state index in [9.17, 15) is 4.79 Å². The van der Waals surface area contributed by atoms with Gasteiger partial charge in [-0.2, -0.15) is 0 Å². The highest BCUT2D eigenvalue weighted by Gasteiger charge is 2.27. The van der Waals surface area contributed by atoms with Gasteiger partial charge in [-0.15, -0.1) is 0 Å². The van der Waals surface area contributed by atoms with E-state index in [1.165, 1.54) is 6.42 Å². The summed E-state index contributed by atoms with van der Waals surface area (Å²) in [4.78, 5) is 15.3. The predicted octanol–water partition coefficient (Wildman–Crippen LogP) is 3.91. The predicted molar refractivity (Wildman–Crippen MR) is 67.7 cm³/mol. The van der Waals surface area contributed by atoms with E-state index in [0.29, 0.717) is 5.78 Å². The molecule has 0 bridgehead atoms. The Bertz CT molecular complexity index is 554. The highest BCUT2D eigenvalue weighted by atomic mass is 79.9. The minimum Gasteiger partial charge on any atom is -0.360 e. The average molecular weight is 278 g/mol. The number of aromatic nitrogens is 1. The summed E-state index contributed by atoms with van der Waals surface area (Å²) in [7, 11) is 0. The topological polar surface area (TPSA) is 32.9 Å². The number of benzene rings is 1. The van der Waals surface area contributed by atoms with Gasteiger partial charge in [-0.1, -0.05) is 22.4 Å². The van der Waals surface area contributed by atoms with Crippen molar-refractivity contribution < 1.29 is 4.79 Å². The molecule has 1 aromatic heterocycles. The molecule has 1 aromatic carbocycles. The Balaban J connectivity index is 2.08. The number of hydrogen-bond acceptors (Lipinski definition) is 1. The highest BCUT2D eigenvalue weighted by molar-refractivity contribution is 9.10. The van der Waals surface area contributed by atoms with Crippen LogP contribution < -0.4 is 0 Å². The van der Waals surface area contributed by atoms with E-state index < -0.39 is 0 Å². The van der Waals surface area contributed by atoms with E-state index in [-0.39, 0.29) is 5.92 Å². The van der Waals surface area contributed by atoms with Crippen LogP contribution in [-0.4, -0.2) is 10.8 Å². The van der Waals surface area contributed by atoms with Crippen molar-refractivity contribution in [2.75, 3.05) is 0 Å². The molecule has 16 heavy (non-hydrogen) atoms. The summed E-state index contributed by atoms with van der Waals surface area (Å²) in [6.45, 7) is 0. The number of fused-ring (bicyclic) bond motifs is 1. The van der Waals surface area contributed by atoms with Crippen LogP contribution in [0.1, 0.15) is 29.6 Å². The van der Waals surface area contributed by atoms with Gasteiger partial charge in [-0.25, -0.2) is 0 Å². The molecular weight excluding hydrogens is 266 g/mol. The first-order chi connectivity index (χ1) is 7.75. The third-order valence-corrected chi connectivity index (χ3v) is 3.88. The van der Waals surface area contributed by atoms with Crippen LogP contribution in [0.2, 0.25) is 0 Å². The van der Waals surface area contributed by atoms with Crippen molar-refractivity contribution in [1.82, 2.24) is 4.98 Å². The number of halogens is 1. The summed E-state index contributed by atoms with van der Waals surface area (Å²) in [6, 6.07) is 5.99. The van der Waals surface area contributed by atoms with Crippen molar-refractivity contribution in [1.29, 1.82) is 0 Å². The number of ketones is 1. The van der Waals surface area contributed by atoms with Gasteiger partial charge in [0, 0.05) is 33.1 Å². The van der Waals surface area contributed by atoms with Crippen LogP contribution in [0.5, 0.6) is 0 Å². The number of hydrogen-bond donors (Lipinski definition) is 1. The number of rotatable bonds is 2. The molecule has 3 rings (SSSR count). The maximum absolute atomic E-state index is 12.2. The van der Waals surface area contributed by atoms with E-state index in [1.807, 2.05) is 24.4 Å². The standard InChI is InChI=1S/C13H12BrNO/c14-9-4-5-12-10(6-9)11(7-15-12)13(16)8-2-1-3-8/h4-8,15H,1-3H2. The van der Waals surface area contributed by atoms with Crippen molar-refractivity contribution in [2.45, 2.75) is 19.3 Å². The lowest BCUT2D eigenvalue weighted by molar-refractivity contribution is 0.0857. The van der Waals surface area contributed by atoms with Gasteiger partial charge in [0.15, 0.2) is 5.78 Å². The molecule has 1 aliphatic rings. The van der Waals surface area contributed by atoms with Crippen LogP contribution in [-0.2, 0) is 0 Å². The van der Waals surface area contributed by atoms with Crippen LogP contribution >= 0.6 is 15.9 Å². The molecule has 1 fully saturated rings. The molecule has 3 heteroatoms. The first-order valence-corrected chi connectivity index (χ1v) is 6.36. The van der Waals surface area contributed by atoms with Crippen LogP contribution in [0.15, 0.2) is 28.9 Å². The van der Waals surface area contributed by atoms with Gasteiger partial charge in [0.25, 0.3) is 0 Å². The maximum atomic E-state index is 12.2. The van der Waals surface area contributed by atoms with Gasteiger partial charge in [-0.3, -0.25) is 4.79 Å². The summed E-state index contributed by atoms with van der Waals surface area (Å²) < 4.78 is 1.02. The Kier molecular flexibility index (Phi) is 2.36. The molecule has 0 spiro atoms. The van der Waals surface area contributed by atoms with Crippen molar-refractivity contribution >= 4 is 32.6 Å².